The number of hydrogen-bond acceptors (Lipinski definition) is 4. The summed E-state index contributed by atoms with van der Waals surface area (Å²) in [5.41, 5.74) is 0. The Morgan fingerprint density at radius 1 is 1.54 bits per heavy atom. The molecule has 2 heterocycles. The molecule has 2 unspecified atom stereocenters. The summed E-state index contributed by atoms with van der Waals surface area (Å²) in [5, 5.41) is 9.61. The van der Waals surface area contributed by atoms with Crippen LogP contribution in [0.4, 0.5) is 0 Å². The van der Waals surface area contributed by atoms with Crippen molar-refractivity contribution in [3.05, 3.63) is 12.2 Å². The second-order valence-electron chi connectivity index (χ2n) is 3.34. The standard InChI is InChI=1S/C9H12O4/c10-7-3-4-8(11)13-9(7)5-1-2-6-12-9/h3-4,7,10H,1-2,5-6H2. The Balaban J connectivity index is 2.19. The van der Waals surface area contributed by atoms with Crippen LogP contribution in [0, 0.1) is 0 Å². The van der Waals surface area contributed by atoms with Crippen molar-refractivity contribution in [1.82, 2.24) is 0 Å². The molecule has 72 valence electrons. The van der Waals surface area contributed by atoms with Gasteiger partial charge < -0.3 is 14.6 Å². The van der Waals surface area contributed by atoms with Gasteiger partial charge >= 0.3 is 5.97 Å². The number of ether oxygens (including phenoxy) is 2. The quantitative estimate of drug-likeness (QED) is 0.552. The molecule has 1 fully saturated rings. The Bertz CT molecular complexity index is 240. The molecule has 2 atom stereocenters. The van der Waals surface area contributed by atoms with E-state index in [0.29, 0.717) is 13.0 Å². The lowest BCUT2D eigenvalue weighted by atomic mass is 9.98. The second-order valence-corrected chi connectivity index (χ2v) is 3.34. The van der Waals surface area contributed by atoms with Gasteiger partial charge in [-0.1, -0.05) is 0 Å². The number of carbonyl (C=O) groups excluding carboxylic acids is 1. The summed E-state index contributed by atoms with van der Waals surface area (Å²) in [6.45, 7) is 0.540. The molecule has 0 aromatic heterocycles. The van der Waals surface area contributed by atoms with Crippen molar-refractivity contribution >= 4 is 5.97 Å². The van der Waals surface area contributed by atoms with Crippen LogP contribution in [0.5, 0.6) is 0 Å². The summed E-state index contributed by atoms with van der Waals surface area (Å²) in [6.07, 6.45) is 4.27. The van der Waals surface area contributed by atoms with Gasteiger partial charge in [-0.15, -0.1) is 0 Å². The van der Waals surface area contributed by atoms with E-state index in [1.165, 1.54) is 12.2 Å². The largest absolute Gasteiger partial charge is 0.427 e. The molecule has 2 aliphatic rings. The van der Waals surface area contributed by atoms with Gasteiger partial charge in [0.25, 0.3) is 0 Å². The first-order valence-electron chi connectivity index (χ1n) is 4.46. The number of esters is 1. The van der Waals surface area contributed by atoms with E-state index in [-0.39, 0.29) is 0 Å². The molecule has 2 rings (SSSR count). The molecule has 1 N–H and O–H groups in total. The van der Waals surface area contributed by atoms with Crippen LogP contribution < -0.4 is 0 Å². The molecule has 13 heavy (non-hydrogen) atoms. The average Bonchev–Trinajstić information content (AvgIpc) is 2.14. The molecule has 1 spiro atoms. The molecular weight excluding hydrogens is 172 g/mol. The maximum Gasteiger partial charge on any atom is 0.333 e. The lowest BCUT2D eigenvalue weighted by molar-refractivity contribution is -0.277. The highest BCUT2D eigenvalue weighted by Gasteiger charge is 2.45. The molecule has 0 aromatic rings. The van der Waals surface area contributed by atoms with Crippen LogP contribution in [-0.4, -0.2) is 29.6 Å². The van der Waals surface area contributed by atoms with Gasteiger partial charge in [-0.2, -0.15) is 0 Å². The Hall–Kier alpha value is -0.870. The third-order valence-corrected chi connectivity index (χ3v) is 2.40. The third kappa shape index (κ3) is 1.47. The summed E-state index contributed by atoms with van der Waals surface area (Å²) in [6, 6.07) is 0. The highest BCUT2D eigenvalue weighted by Crippen LogP contribution is 2.32. The van der Waals surface area contributed by atoms with E-state index in [4.69, 9.17) is 9.47 Å². The van der Waals surface area contributed by atoms with Gasteiger partial charge in [-0.25, -0.2) is 4.79 Å². The van der Waals surface area contributed by atoms with Gasteiger partial charge in [0.2, 0.25) is 5.79 Å². The minimum absolute atomic E-state index is 0.438. The molecule has 0 bridgehead atoms. The first-order chi connectivity index (χ1) is 6.23. The van der Waals surface area contributed by atoms with E-state index in [0.717, 1.165) is 12.8 Å². The van der Waals surface area contributed by atoms with Crippen LogP contribution in [0.2, 0.25) is 0 Å². The minimum Gasteiger partial charge on any atom is -0.427 e. The van der Waals surface area contributed by atoms with Gasteiger partial charge in [0, 0.05) is 12.5 Å². The molecule has 0 aromatic carbocycles. The summed E-state index contributed by atoms with van der Waals surface area (Å²) >= 11 is 0. The highest BCUT2D eigenvalue weighted by molar-refractivity contribution is 5.83. The number of carbonyl (C=O) groups is 1. The van der Waals surface area contributed by atoms with Gasteiger partial charge in [0.15, 0.2) is 0 Å². The molecule has 4 nitrogen and oxygen atoms in total. The number of aliphatic hydroxyl groups excluding tert-OH is 1. The van der Waals surface area contributed by atoms with E-state index in [9.17, 15) is 9.90 Å². The fraction of sp³-hybridized carbons (Fsp3) is 0.667. The van der Waals surface area contributed by atoms with E-state index < -0.39 is 17.9 Å². The Kier molecular flexibility index (Phi) is 2.09. The van der Waals surface area contributed by atoms with Crippen LogP contribution >= 0.6 is 0 Å². The van der Waals surface area contributed by atoms with Gasteiger partial charge in [0.05, 0.1) is 6.61 Å². The molecule has 0 radical (unpaired) electrons. The Labute approximate surface area is 76.1 Å². The third-order valence-electron chi connectivity index (χ3n) is 2.40. The van der Waals surface area contributed by atoms with Crippen LogP contribution in [0.3, 0.4) is 0 Å². The zero-order chi connectivity index (χ0) is 9.31. The minimum atomic E-state index is -1.09. The van der Waals surface area contributed by atoms with E-state index in [1.54, 1.807) is 0 Å². The van der Waals surface area contributed by atoms with Crippen molar-refractivity contribution in [2.75, 3.05) is 6.61 Å². The average molecular weight is 184 g/mol. The van der Waals surface area contributed by atoms with Gasteiger partial charge in [-0.05, 0) is 18.9 Å². The lowest BCUT2D eigenvalue weighted by Gasteiger charge is -2.40. The molecule has 0 saturated carbocycles. The van der Waals surface area contributed by atoms with Crippen molar-refractivity contribution in [2.24, 2.45) is 0 Å². The van der Waals surface area contributed by atoms with E-state index in [1.807, 2.05) is 0 Å². The predicted octanol–water partition coefficient (Wildman–Crippen LogP) is 0.357. The molecule has 0 aliphatic carbocycles. The molecule has 1 saturated heterocycles. The van der Waals surface area contributed by atoms with Crippen molar-refractivity contribution in [1.29, 1.82) is 0 Å². The Morgan fingerprint density at radius 3 is 3.08 bits per heavy atom. The van der Waals surface area contributed by atoms with E-state index >= 15 is 0 Å². The molecule has 0 amide bonds. The summed E-state index contributed by atoms with van der Waals surface area (Å²) in [7, 11) is 0. The van der Waals surface area contributed by atoms with Gasteiger partial charge in [0.1, 0.15) is 6.10 Å². The van der Waals surface area contributed by atoms with Crippen LogP contribution in [0.15, 0.2) is 12.2 Å². The van der Waals surface area contributed by atoms with E-state index in [2.05, 4.69) is 0 Å². The number of hydrogen-bond donors (Lipinski definition) is 1. The summed E-state index contributed by atoms with van der Waals surface area (Å²) < 4.78 is 10.4. The zero-order valence-electron chi connectivity index (χ0n) is 7.23. The fourth-order valence-corrected chi connectivity index (χ4v) is 1.69. The Morgan fingerprint density at radius 2 is 2.38 bits per heavy atom. The van der Waals surface area contributed by atoms with Crippen molar-refractivity contribution in [3.63, 3.8) is 0 Å². The normalized spacial score (nSPS) is 39.2. The summed E-state index contributed by atoms with van der Waals surface area (Å²) in [5.74, 6) is -1.53. The van der Waals surface area contributed by atoms with Crippen LogP contribution in [-0.2, 0) is 14.3 Å². The summed E-state index contributed by atoms with van der Waals surface area (Å²) in [4.78, 5) is 11.0. The molecule has 2 aliphatic heterocycles. The van der Waals surface area contributed by atoms with Crippen LogP contribution in [0.1, 0.15) is 19.3 Å². The van der Waals surface area contributed by atoms with Crippen molar-refractivity contribution in [3.8, 4) is 0 Å². The maximum absolute atomic E-state index is 11.0. The van der Waals surface area contributed by atoms with Crippen molar-refractivity contribution in [2.45, 2.75) is 31.2 Å². The predicted molar refractivity (Wildman–Crippen MR) is 43.8 cm³/mol. The second kappa shape index (κ2) is 3.12. The first-order valence-corrected chi connectivity index (χ1v) is 4.46. The lowest BCUT2D eigenvalue weighted by Crippen LogP contribution is -2.51. The molecular formula is C9H12O4. The fourth-order valence-electron chi connectivity index (χ4n) is 1.69. The maximum atomic E-state index is 11.0. The SMILES string of the molecule is O=C1C=CC(O)C2(CCCCO2)O1. The monoisotopic (exact) mass is 184 g/mol. The zero-order valence-corrected chi connectivity index (χ0v) is 7.23. The topological polar surface area (TPSA) is 55.8 Å². The first kappa shape index (κ1) is 8.72. The number of rotatable bonds is 0. The number of aliphatic hydroxyl groups is 1. The smallest absolute Gasteiger partial charge is 0.333 e. The van der Waals surface area contributed by atoms with Crippen molar-refractivity contribution < 1.29 is 19.4 Å². The van der Waals surface area contributed by atoms with Gasteiger partial charge in [-0.3, -0.25) is 0 Å². The highest BCUT2D eigenvalue weighted by atomic mass is 16.7. The molecule has 4 heteroatoms. The van der Waals surface area contributed by atoms with Crippen LogP contribution in [0.25, 0.3) is 0 Å².